The largest absolute Gasteiger partial charge is 0.490 e. The van der Waals surface area contributed by atoms with Gasteiger partial charge in [-0.1, -0.05) is 25.1 Å². The highest BCUT2D eigenvalue weighted by molar-refractivity contribution is 5.83. The molecule has 0 spiro atoms. The van der Waals surface area contributed by atoms with E-state index in [0.29, 0.717) is 18.3 Å². The fourth-order valence-corrected chi connectivity index (χ4v) is 3.71. The summed E-state index contributed by atoms with van der Waals surface area (Å²) >= 11 is 0. The van der Waals surface area contributed by atoms with Crippen molar-refractivity contribution in [1.29, 1.82) is 0 Å². The van der Waals surface area contributed by atoms with Gasteiger partial charge in [-0.2, -0.15) is 27.9 Å². The maximum Gasteiger partial charge on any atom is 0.490 e. The van der Waals surface area contributed by atoms with Crippen LogP contribution in [-0.2, 0) is 11.2 Å². The van der Waals surface area contributed by atoms with Gasteiger partial charge in [0.15, 0.2) is 0 Å². The van der Waals surface area contributed by atoms with Crippen LogP contribution in [0.2, 0.25) is 0 Å². The van der Waals surface area contributed by atoms with Crippen LogP contribution in [0.1, 0.15) is 43.7 Å². The molecule has 2 aromatic heterocycles. The molecule has 3 aromatic rings. The molecule has 33 heavy (non-hydrogen) atoms. The number of hydrogen-bond acceptors (Lipinski definition) is 6. The molecule has 0 aliphatic carbocycles. The van der Waals surface area contributed by atoms with Gasteiger partial charge in [0.05, 0.1) is 17.9 Å². The number of aryl methyl sites for hydroxylation is 1. The first-order valence-corrected chi connectivity index (χ1v) is 10.6. The summed E-state index contributed by atoms with van der Waals surface area (Å²) in [7, 11) is 0. The molecule has 1 saturated heterocycles. The zero-order chi connectivity index (χ0) is 24.0. The van der Waals surface area contributed by atoms with Gasteiger partial charge in [-0.25, -0.2) is 4.79 Å². The molecule has 3 heterocycles. The van der Waals surface area contributed by atoms with Gasteiger partial charge < -0.3 is 14.5 Å². The lowest BCUT2D eigenvalue weighted by Crippen LogP contribution is -2.34. The number of carbonyl (C=O) groups is 1. The smallest absolute Gasteiger partial charge is 0.475 e. The van der Waals surface area contributed by atoms with Crippen LogP contribution in [0.3, 0.4) is 0 Å². The number of nitrogens with zero attached hydrogens (tertiary/aromatic N) is 5. The monoisotopic (exact) mass is 471 g/mol. The van der Waals surface area contributed by atoms with Gasteiger partial charge in [-0.3, -0.25) is 4.39 Å². The minimum atomic E-state index is -5.08. The first kappa shape index (κ1) is 24.6. The van der Waals surface area contributed by atoms with Gasteiger partial charge >= 0.3 is 12.1 Å². The van der Waals surface area contributed by atoms with Crippen molar-refractivity contribution >= 4 is 16.9 Å². The van der Waals surface area contributed by atoms with Crippen LogP contribution >= 0.6 is 0 Å². The minimum Gasteiger partial charge on any atom is -0.475 e. The molecule has 0 unspecified atom stereocenters. The normalized spacial score (nSPS) is 15.4. The van der Waals surface area contributed by atoms with Crippen molar-refractivity contribution in [3.63, 3.8) is 0 Å². The second-order valence-electron chi connectivity index (χ2n) is 7.62. The fraction of sp³-hybridized carbons (Fsp3) is 0.524. The van der Waals surface area contributed by atoms with Crippen LogP contribution in [0.25, 0.3) is 16.9 Å². The summed E-state index contributed by atoms with van der Waals surface area (Å²) < 4.78 is 51.4. The number of aliphatic carboxylic acids is 1. The summed E-state index contributed by atoms with van der Waals surface area (Å²) in [5, 5.41) is 17.1. The van der Waals surface area contributed by atoms with Crippen LogP contribution in [0.5, 0.6) is 0 Å². The van der Waals surface area contributed by atoms with E-state index in [4.69, 9.17) is 14.4 Å². The summed E-state index contributed by atoms with van der Waals surface area (Å²) in [4.78, 5) is 15.8. The first-order valence-electron chi connectivity index (χ1n) is 10.6. The molecule has 1 aromatic carbocycles. The van der Waals surface area contributed by atoms with E-state index >= 15 is 0 Å². The Morgan fingerprint density at radius 2 is 1.91 bits per heavy atom. The molecule has 180 valence electrons. The maximum absolute atomic E-state index is 12.3. The number of piperidine rings is 1. The van der Waals surface area contributed by atoms with E-state index in [2.05, 4.69) is 33.1 Å². The standard InChI is InChI=1S/C19H24FN5O.C2HF3O2/c1-2-16-15-6-3-4-7-17(15)25(22-16)19-21-18(26-23-19)14-8-12-24(13-9-14)11-5-10-20;3-2(4,5)1(6)7/h3-4,6-7,14H,2,5,8-13H2,1H3;(H,6,7). The van der Waals surface area contributed by atoms with Crippen molar-refractivity contribution < 1.29 is 32.0 Å². The molecule has 8 nitrogen and oxygen atoms in total. The molecule has 12 heteroatoms. The van der Waals surface area contributed by atoms with Crippen molar-refractivity contribution in [2.75, 3.05) is 26.3 Å². The number of rotatable bonds is 6. The summed E-state index contributed by atoms with van der Waals surface area (Å²) in [6, 6.07) is 8.12. The molecule has 4 rings (SSSR count). The van der Waals surface area contributed by atoms with Crippen LogP contribution in [-0.4, -0.2) is 68.4 Å². The summed E-state index contributed by atoms with van der Waals surface area (Å²) in [6.07, 6.45) is -1.68. The summed E-state index contributed by atoms with van der Waals surface area (Å²) in [6.45, 7) is 4.58. The SMILES string of the molecule is CCc1nn(-c2noc(C3CCN(CCCF)CC3)n2)c2ccccc12.O=C(O)C(F)(F)F. The third kappa shape index (κ3) is 6.06. The van der Waals surface area contributed by atoms with Gasteiger partial charge in [0.2, 0.25) is 5.89 Å². The molecule has 0 saturated carbocycles. The lowest BCUT2D eigenvalue weighted by molar-refractivity contribution is -0.192. The zero-order valence-corrected chi connectivity index (χ0v) is 18.1. The second-order valence-corrected chi connectivity index (χ2v) is 7.62. The Morgan fingerprint density at radius 3 is 2.52 bits per heavy atom. The molecule has 0 bridgehead atoms. The predicted molar refractivity (Wildman–Crippen MR) is 111 cm³/mol. The average molecular weight is 471 g/mol. The number of para-hydroxylation sites is 1. The number of carboxylic acid groups (broad SMARTS) is 1. The number of fused-ring (bicyclic) bond motifs is 1. The average Bonchev–Trinajstić information content (AvgIpc) is 3.43. The number of likely N-dealkylation sites (tertiary alicyclic amines) is 1. The Hall–Kier alpha value is -3.02. The van der Waals surface area contributed by atoms with E-state index in [9.17, 15) is 17.6 Å². The van der Waals surface area contributed by atoms with Gasteiger partial charge in [0.1, 0.15) is 0 Å². The Balaban J connectivity index is 0.000000383. The number of benzene rings is 1. The first-order chi connectivity index (χ1) is 15.7. The molecule has 1 aliphatic heterocycles. The topological polar surface area (TPSA) is 97.3 Å². The molecule has 0 atom stereocenters. The van der Waals surface area contributed by atoms with E-state index < -0.39 is 12.1 Å². The van der Waals surface area contributed by atoms with Crippen LogP contribution in [0.4, 0.5) is 17.6 Å². The van der Waals surface area contributed by atoms with E-state index in [1.807, 2.05) is 18.2 Å². The third-order valence-corrected chi connectivity index (χ3v) is 5.41. The highest BCUT2D eigenvalue weighted by Gasteiger charge is 2.38. The predicted octanol–water partition coefficient (Wildman–Crippen LogP) is 4.14. The lowest BCUT2D eigenvalue weighted by Gasteiger charge is -2.29. The maximum atomic E-state index is 12.3. The Kier molecular flexibility index (Phi) is 8.01. The molecule has 1 N–H and O–H groups in total. The summed E-state index contributed by atoms with van der Waals surface area (Å²) in [5.74, 6) is -1.31. The lowest BCUT2D eigenvalue weighted by atomic mass is 9.97. The second kappa shape index (κ2) is 10.7. The zero-order valence-electron chi connectivity index (χ0n) is 18.1. The molecular formula is C21H25F4N5O3. The Morgan fingerprint density at radius 1 is 1.24 bits per heavy atom. The van der Waals surface area contributed by atoms with E-state index in [1.54, 1.807) is 4.68 Å². The number of hydrogen-bond donors (Lipinski definition) is 1. The third-order valence-electron chi connectivity index (χ3n) is 5.41. The van der Waals surface area contributed by atoms with Crippen LogP contribution in [0.15, 0.2) is 28.8 Å². The quantitative estimate of drug-likeness (QED) is 0.540. The highest BCUT2D eigenvalue weighted by Crippen LogP contribution is 2.28. The van der Waals surface area contributed by atoms with Crippen molar-refractivity contribution in [3.05, 3.63) is 35.9 Å². The highest BCUT2D eigenvalue weighted by atomic mass is 19.4. The van der Waals surface area contributed by atoms with Gasteiger partial charge in [-0.05, 0) is 50.0 Å². The van der Waals surface area contributed by atoms with E-state index in [1.165, 1.54) is 0 Å². The fourth-order valence-electron chi connectivity index (χ4n) is 3.71. The van der Waals surface area contributed by atoms with Crippen molar-refractivity contribution in [2.45, 2.75) is 44.7 Å². The number of halogens is 4. The van der Waals surface area contributed by atoms with Gasteiger partial charge in [-0.15, -0.1) is 0 Å². The van der Waals surface area contributed by atoms with Gasteiger partial charge in [0, 0.05) is 17.8 Å². The summed E-state index contributed by atoms with van der Waals surface area (Å²) in [5.41, 5.74) is 2.03. The van der Waals surface area contributed by atoms with Crippen molar-refractivity contribution in [2.24, 2.45) is 0 Å². The van der Waals surface area contributed by atoms with Crippen LogP contribution in [0, 0.1) is 0 Å². The molecule has 1 fully saturated rings. The molecular weight excluding hydrogens is 446 g/mol. The Bertz CT molecular complexity index is 1060. The molecule has 1 aliphatic rings. The van der Waals surface area contributed by atoms with Gasteiger partial charge in [0.25, 0.3) is 5.95 Å². The molecule has 0 radical (unpaired) electrons. The van der Waals surface area contributed by atoms with E-state index in [0.717, 1.165) is 55.5 Å². The Labute approximate surface area is 187 Å². The number of aromatic nitrogens is 4. The minimum absolute atomic E-state index is 0.246. The number of carboxylic acids is 1. The van der Waals surface area contributed by atoms with E-state index in [-0.39, 0.29) is 12.6 Å². The number of alkyl halides is 4. The van der Waals surface area contributed by atoms with Crippen molar-refractivity contribution in [1.82, 2.24) is 24.8 Å². The molecule has 0 amide bonds. The van der Waals surface area contributed by atoms with Crippen molar-refractivity contribution in [3.8, 4) is 5.95 Å². The van der Waals surface area contributed by atoms with Crippen LogP contribution < -0.4 is 0 Å².